The summed E-state index contributed by atoms with van der Waals surface area (Å²) in [4.78, 5) is 15.4. The minimum absolute atomic E-state index is 0.500. The van der Waals surface area contributed by atoms with Crippen LogP contribution in [0.15, 0.2) is 157 Å². The topological polar surface area (TPSA) is 72.3 Å². The molecular formula is C48H32N6. The van der Waals surface area contributed by atoms with Crippen LogP contribution in [0.2, 0.25) is 0 Å². The van der Waals surface area contributed by atoms with Gasteiger partial charge in [-0.3, -0.25) is 4.57 Å². The molecule has 2 aliphatic rings. The van der Waals surface area contributed by atoms with Crippen LogP contribution in [0, 0.1) is 23.2 Å². The maximum absolute atomic E-state index is 9.48. The van der Waals surface area contributed by atoms with Gasteiger partial charge in [-0.05, 0) is 92.3 Å². The van der Waals surface area contributed by atoms with Crippen LogP contribution in [-0.2, 0) is 0 Å². The molecule has 0 bridgehead atoms. The average molecular weight is 693 g/mol. The fourth-order valence-electron chi connectivity index (χ4n) is 7.37. The molecule has 0 saturated heterocycles. The Kier molecular flexibility index (Phi) is 8.14. The van der Waals surface area contributed by atoms with E-state index in [1.165, 1.54) is 5.39 Å². The van der Waals surface area contributed by atoms with Crippen LogP contribution in [-0.4, -0.2) is 24.1 Å². The van der Waals surface area contributed by atoms with Crippen molar-refractivity contribution in [2.45, 2.75) is 20.3 Å². The Morgan fingerprint density at radius 2 is 1.50 bits per heavy atom. The van der Waals surface area contributed by atoms with Crippen molar-refractivity contribution >= 4 is 60.5 Å². The second-order valence-corrected chi connectivity index (χ2v) is 13.0. The van der Waals surface area contributed by atoms with Gasteiger partial charge in [0.25, 0.3) is 0 Å². The Hall–Kier alpha value is -7.50. The molecule has 0 spiro atoms. The minimum Gasteiger partial charge on any atom is -0.312 e. The molecule has 0 unspecified atom stereocenters. The Morgan fingerprint density at radius 1 is 0.741 bits per heavy atom. The van der Waals surface area contributed by atoms with Crippen LogP contribution < -0.4 is 0 Å². The van der Waals surface area contributed by atoms with Gasteiger partial charge in [0.05, 0.1) is 51.5 Å². The van der Waals surface area contributed by atoms with E-state index in [2.05, 4.69) is 99.5 Å². The third-order valence-electron chi connectivity index (χ3n) is 9.81. The van der Waals surface area contributed by atoms with Crippen molar-refractivity contribution in [1.29, 1.82) is 5.26 Å². The summed E-state index contributed by atoms with van der Waals surface area (Å²) in [6.45, 7) is 3.99. The average Bonchev–Trinajstić information content (AvgIpc) is 3.41. The Bertz CT molecular complexity index is 3090. The lowest BCUT2D eigenvalue weighted by Crippen LogP contribution is -2.03. The van der Waals surface area contributed by atoms with Crippen LogP contribution >= 0.6 is 0 Å². The quantitative estimate of drug-likeness (QED) is 0.0988. The number of pyridine rings is 1. The molecule has 7 aromatic rings. The highest BCUT2D eigenvalue weighted by atomic mass is 15.1. The van der Waals surface area contributed by atoms with Gasteiger partial charge in [-0.25, -0.2) is 15.0 Å². The standard InChI is InChI=1S/C48H32N6/c1-3-15-33(4-2)41-30-42(34-17-13-16-32(31-49)26-27-34)52-48(51-41)40-22-14-25-47(50-40)54-44-24-12-10-21-37(44)39-28-45-38(29-46(39)54)36-20-9-11-23-43(36)53(45)35-18-7-5-6-8-19-35/h3-5,7,9-12,14-18,20-30H,19H2,1-2H3/b15-3-,33-4+. The van der Waals surface area contributed by atoms with E-state index in [1.54, 1.807) is 12.2 Å². The van der Waals surface area contributed by atoms with Gasteiger partial charge in [0.1, 0.15) is 11.5 Å². The SMILES string of the molecule is C/C=C\C(=C/C)c1cc(C2=CC=C(C#N)C=C=C2)nc(-c2cccc(-n3c4ccccc4c4cc5c(cc43)c3ccccc3n5C3=CC=CC#CC3)n2)n1. The molecule has 0 atom stereocenters. The maximum Gasteiger partial charge on any atom is 0.179 e. The molecule has 0 fully saturated rings. The maximum atomic E-state index is 9.48. The van der Waals surface area contributed by atoms with E-state index in [-0.39, 0.29) is 0 Å². The highest BCUT2D eigenvalue weighted by molar-refractivity contribution is 6.19. The molecule has 9 rings (SSSR count). The van der Waals surface area contributed by atoms with Crippen LogP contribution in [0.5, 0.6) is 0 Å². The molecule has 254 valence electrons. The molecule has 3 aromatic carbocycles. The van der Waals surface area contributed by atoms with Crippen molar-refractivity contribution in [2.24, 2.45) is 0 Å². The monoisotopic (exact) mass is 692 g/mol. The predicted octanol–water partition coefficient (Wildman–Crippen LogP) is 11.1. The number of hydrogen-bond donors (Lipinski definition) is 0. The molecular weight excluding hydrogens is 661 g/mol. The van der Waals surface area contributed by atoms with Crippen molar-refractivity contribution in [3.05, 3.63) is 168 Å². The van der Waals surface area contributed by atoms with Crippen molar-refractivity contribution in [1.82, 2.24) is 24.1 Å². The molecule has 4 aromatic heterocycles. The molecule has 6 nitrogen and oxygen atoms in total. The third-order valence-corrected chi connectivity index (χ3v) is 9.81. The molecule has 0 saturated carbocycles. The van der Waals surface area contributed by atoms with Gasteiger partial charge in [0.2, 0.25) is 0 Å². The Morgan fingerprint density at radius 3 is 2.26 bits per heavy atom. The zero-order chi connectivity index (χ0) is 36.6. The van der Waals surface area contributed by atoms with Gasteiger partial charge in [0, 0.05) is 32.8 Å². The van der Waals surface area contributed by atoms with Crippen molar-refractivity contribution < 1.29 is 0 Å². The number of hydrogen-bond acceptors (Lipinski definition) is 4. The van der Waals surface area contributed by atoms with Gasteiger partial charge in [-0.1, -0.05) is 84.7 Å². The summed E-state index contributed by atoms with van der Waals surface area (Å²) in [6, 6.07) is 31.9. The van der Waals surface area contributed by atoms with Crippen molar-refractivity contribution in [3.8, 4) is 35.2 Å². The molecule has 0 N–H and O–H groups in total. The summed E-state index contributed by atoms with van der Waals surface area (Å²) in [5.41, 5.74) is 13.1. The summed E-state index contributed by atoms with van der Waals surface area (Å²) < 4.78 is 4.61. The van der Waals surface area contributed by atoms with Crippen LogP contribution in [0.4, 0.5) is 0 Å². The first-order chi connectivity index (χ1) is 26.6. The largest absolute Gasteiger partial charge is 0.312 e. The van der Waals surface area contributed by atoms with E-state index >= 15 is 0 Å². The number of aromatic nitrogens is 5. The van der Waals surface area contributed by atoms with Gasteiger partial charge in [0.15, 0.2) is 5.82 Å². The normalized spacial score (nSPS) is 14.2. The fourth-order valence-corrected chi connectivity index (χ4v) is 7.37. The van der Waals surface area contributed by atoms with Crippen LogP contribution in [0.25, 0.3) is 77.8 Å². The zero-order valence-electron chi connectivity index (χ0n) is 29.7. The molecule has 2 aliphatic carbocycles. The van der Waals surface area contributed by atoms with E-state index in [1.807, 2.05) is 80.6 Å². The summed E-state index contributed by atoms with van der Waals surface area (Å²) in [6.07, 6.45) is 20.0. The Labute approximate surface area is 312 Å². The Balaban J connectivity index is 1.27. The predicted molar refractivity (Wildman–Crippen MR) is 221 cm³/mol. The van der Waals surface area contributed by atoms with E-state index in [9.17, 15) is 5.26 Å². The number of rotatable bonds is 6. The lowest BCUT2D eigenvalue weighted by molar-refractivity contribution is 1.05. The molecule has 0 radical (unpaired) electrons. The number of fused-ring (bicyclic) bond motifs is 6. The number of allylic oxidation sites excluding steroid dienone is 13. The van der Waals surface area contributed by atoms with Gasteiger partial charge in [-0.2, -0.15) is 5.26 Å². The second-order valence-electron chi connectivity index (χ2n) is 13.0. The molecule has 0 aliphatic heterocycles. The van der Waals surface area contributed by atoms with Crippen LogP contribution in [0.1, 0.15) is 31.7 Å². The van der Waals surface area contributed by atoms with E-state index < -0.39 is 0 Å². The molecule has 54 heavy (non-hydrogen) atoms. The second kappa shape index (κ2) is 13.6. The first-order valence-corrected chi connectivity index (χ1v) is 17.9. The number of benzene rings is 3. The van der Waals surface area contributed by atoms with Gasteiger partial charge < -0.3 is 4.57 Å². The summed E-state index contributed by atoms with van der Waals surface area (Å²) in [7, 11) is 0. The number of nitriles is 1. The van der Waals surface area contributed by atoms with Crippen LogP contribution in [0.3, 0.4) is 0 Å². The lowest BCUT2D eigenvalue weighted by atomic mass is 10.1. The molecule has 0 amide bonds. The van der Waals surface area contributed by atoms with Gasteiger partial charge >= 0.3 is 0 Å². The summed E-state index contributed by atoms with van der Waals surface area (Å²) in [5.74, 6) is 7.69. The summed E-state index contributed by atoms with van der Waals surface area (Å²) in [5, 5.41) is 14.1. The number of nitrogens with zero attached hydrogens (tertiary/aromatic N) is 6. The van der Waals surface area contributed by atoms with E-state index in [0.717, 1.165) is 66.6 Å². The highest BCUT2D eigenvalue weighted by Crippen LogP contribution is 2.40. The third kappa shape index (κ3) is 5.52. The van der Waals surface area contributed by atoms with Crippen molar-refractivity contribution in [3.63, 3.8) is 0 Å². The minimum atomic E-state index is 0.500. The molecule has 4 heterocycles. The smallest absolute Gasteiger partial charge is 0.179 e. The number of para-hydroxylation sites is 2. The van der Waals surface area contributed by atoms with E-state index in [0.29, 0.717) is 29.2 Å². The zero-order valence-corrected chi connectivity index (χ0v) is 29.7. The first-order valence-electron chi connectivity index (χ1n) is 17.9. The lowest BCUT2D eigenvalue weighted by Gasteiger charge is -2.12. The van der Waals surface area contributed by atoms with E-state index in [4.69, 9.17) is 15.0 Å². The highest BCUT2D eigenvalue weighted by Gasteiger charge is 2.20. The van der Waals surface area contributed by atoms with Crippen molar-refractivity contribution in [2.75, 3.05) is 0 Å². The first kappa shape index (κ1) is 32.4. The van der Waals surface area contributed by atoms with Gasteiger partial charge in [-0.15, -0.1) is 5.73 Å². The fraction of sp³-hybridized carbons (Fsp3) is 0.0625. The summed E-state index contributed by atoms with van der Waals surface area (Å²) >= 11 is 0. The molecule has 6 heteroatoms.